The van der Waals surface area contributed by atoms with Crippen LogP contribution < -0.4 is 0 Å². The van der Waals surface area contributed by atoms with Gasteiger partial charge in [-0.05, 0) is 6.07 Å². The van der Waals surface area contributed by atoms with Crippen LogP contribution in [0, 0.1) is 0 Å². The van der Waals surface area contributed by atoms with E-state index in [1.165, 1.54) is 7.05 Å². The van der Waals surface area contributed by atoms with Gasteiger partial charge >= 0.3 is 0 Å². The van der Waals surface area contributed by atoms with Crippen LogP contribution in [0.1, 0.15) is 22.6 Å². The molecule has 1 heterocycles. The number of nitrogens with zero attached hydrogens (tertiary/aromatic N) is 2. The first kappa shape index (κ1) is 7.84. The second-order valence-corrected chi connectivity index (χ2v) is 2.04. The molecular formula is C6H6F2N2O. The SMILES string of the molecule is Cn1nc(C(F)F)cc1C=O. The van der Waals surface area contributed by atoms with Crippen LogP contribution in [0.15, 0.2) is 6.07 Å². The summed E-state index contributed by atoms with van der Waals surface area (Å²) in [6.45, 7) is 0. The maximum Gasteiger partial charge on any atom is 0.282 e. The summed E-state index contributed by atoms with van der Waals surface area (Å²) in [5.41, 5.74) is -0.213. The second-order valence-electron chi connectivity index (χ2n) is 2.04. The zero-order valence-electron chi connectivity index (χ0n) is 5.79. The van der Waals surface area contributed by atoms with Crippen LogP contribution in [0.2, 0.25) is 0 Å². The van der Waals surface area contributed by atoms with Gasteiger partial charge in [0.05, 0.1) is 0 Å². The van der Waals surface area contributed by atoms with Crippen molar-refractivity contribution in [2.45, 2.75) is 6.43 Å². The summed E-state index contributed by atoms with van der Waals surface area (Å²) in [4.78, 5) is 10.2. The molecule has 0 amide bonds. The van der Waals surface area contributed by atoms with Crippen LogP contribution in [-0.2, 0) is 7.05 Å². The molecule has 0 spiro atoms. The summed E-state index contributed by atoms with van der Waals surface area (Å²) >= 11 is 0. The Kier molecular flexibility index (Phi) is 1.98. The van der Waals surface area contributed by atoms with Crippen molar-refractivity contribution in [1.82, 2.24) is 9.78 Å². The van der Waals surface area contributed by atoms with E-state index >= 15 is 0 Å². The molecule has 0 N–H and O–H groups in total. The molecule has 1 aromatic rings. The van der Waals surface area contributed by atoms with E-state index in [4.69, 9.17) is 0 Å². The number of aryl methyl sites for hydroxylation is 1. The smallest absolute Gasteiger partial charge is 0.282 e. The third-order valence-corrected chi connectivity index (χ3v) is 1.28. The van der Waals surface area contributed by atoms with Gasteiger partial charge in [-0.15, -0.1) is 0 Å². The summed E-state index contributed by atoms with van der Waals surface area (Å²) < 4.78 is 24.9. The molecule has 11 heavy (non-hydrogen) atoms. The van der Waals surface area contributed by atoms with Crippen molar-refractivity contribution < 1.29 is 13.6 Å². The summed E-state index contributed by atoms with van der Waals surface area (Å²) in [6.07, 6.45) is -2.13. The molecular weight excluding hydrogens is 154 g/mol. The molecule has 0 aliphatic heterocycles. The molecule has 0 fully saturated rings. The summed E-state index contributed by atoms with van der Waals surface area (Å²) in [7, 11) is 1.44. The molecule has 0 aromatic carbocycles. The number of aldehydes is 1. The maximum atomic E-state index is 11.9. The Morgan fingerprint density at radius 3 is 2.64 bits per heavy atom. The third kappa shape index (κ3) is 1.42. The van der Waals surface area contributed by atoms with E-state index in [0.717, 1.165) is 10.7 Å². The van der Waals surface area contributed by atoms with Crippen LogP contribution in [-0.4, -0.2) is 16.1 Å². The minimum absolute atomic E-state index is 0.153. The Hall–Kier alpha value is -1.26. The van der Waals surface area contributed by atoms with E-state index in [1.807, 2.05) is 0 Å². The number of carbonyl (C=O) groups is 1. The zero-order chi connectivity index (χ0) is 8.43. The number of hydrogen-bond acceptors (Lipinski definition) is 2. The molecule has 1 aromatic heterocycles. The van der Waals surface area contributed by atoms with Crippen molar-refractivity contribution in [3.05, 3.63) is 17.5 Å². The average molecular weight is 160 g/mol. The molecule has 0 atom stereocenters. The average Bonchev–Trinajstić information content (AvgIpc) is 2.31. The highest BCUT2D eigenvalue weighted by molar-refractivity contribution is 5.72. The summed E-state index contributed by atoms with van der Waals surface area (Å²) in [5.74, 6) is 0. The number of halogens is 2. The fraction of sp³-hybridized carbons (Fsp3) is 0.333. The van der Waals surface area contributed by atoms with Crippen molar-refractivity contribution in [3.8, 4) is 0 Å². The lowest BCUT2D eigenvalue weighted by atomic mass is 10.4. The Morgan fingerprint density at radius 2 is 2.36 bits per heavy atom. The molecule has 0 aliphatic carbocycles. The quantitative estimate of drug-likeness (QED) is 0.608. The van der Waals surface area contributed by atoms with E-state index in [0.29, 0.717) is 6.29 Å². The van der Waals surface area contributed by atoms with Gasteiger partial charge in [0.15, 0.2) is 6.29 Å². The minimum Gasteiger partial charge on any atom is -0.296 e. The van der Waals surface area contributed by atoms with Gasteiger partial charge in [0.1, 0.15) is 11.4 Å². The van der Waals surface area contributed by atoms with Crippen LogP contribution in [0.5, 0.6) is 0 Å². The minimum atomic E-state index is -2.62. The lowest BCUT2D eigenvalue weighted by molar-refractivity contribution is 0.111. The molecule has 0 unspecified atom stereocenters. The van der Waals surface area contributed by atoms with Gasteiger partial charge in [0.25, 0.3) is 6.43 Å². The predicted molar refractivity (Wildman–Crippen MR) is 33.6 cm³/mol. The standard InChI is InChI=1S/C6H6F2N2O/c1-10-4(3-11)2-5(9-10)6(7)8/h2-3,6H,1H3. The topological polar surface area (TPSA) is 34.9 Å². The third-order valence-electron chi connectivity index (χ3n) is 1.28. The number of alkyl halides is 2. The van der Waals surface area contributed by atoms with Crippen LogP contribution in [0.25, 0.3) is 0 Å². The first-order valence-electron chi connectivity index (χ1n) is 2.92. The fourth-order valence-electron chi connectivity index (χ4n) is 0.722. The van der Waals surface area contributed by atoms with Gasteiger partial charge in [0, 0.05) is 7.05 Å². The van der Waals surface area contributed by atoms with Gasteiger partial charge in [-0.1, -0.05) is 0 Å². The van der Waals surface area contributed by atoms with Crippen LogP contribution in [0.4, 0.5) is 8.78 Å². The van der Waals surface area contributed by atoms with Gasteiger partial charge in [-0.3, -0.25) is 9.48 Å². The molecule has 0 saturated carbocycles. The highest BCUT2D eigenvalue weighted by Gasteiger charge is 2.12. The molecule has 0 saturated heterocycles. The maximum absolute atomic E-state index is 11.9. The zero-order valence-corrected chi connectivity index (χ0v) is 5.79. The summed E-state index contributed by atoms with van der Waals surface area (Å²) in [5, 5.41) is 3.42. The highest BCUT2D eigenvalue weighted by atomic mass is 19.3. The normalized spacial score (nSPS) is 10.5. The molecule has 3 nitrogen and oxygen atoms in total. The highest BCUT2D eigenvalue weighted by Crippen LogP contribution is 2.16. The van der Waals surface area contributed by atoms with Crippen molar-refractivity contribution in [1.29, 1.82) is 0 Å². The molecule has 0 aliphatic rings. The van der Waals surface area contributed by atoms with Crippen molar-refractivity contribution in [2.75, 3.05) is 0 Å². The van der Waals surface area contributed by atoms with Gasteiger partial charge in [-0.2, -0.15) is 5.10 Å². The van der Waals surface area contributed by atoms with Gasteiger partial charge in [0.2, 0.25) is 0 Å². The first-order valence-corrected chi connectivity index (χ1v) is 2.92. The van der Waals surface area contributed by atoms with Crippen LogP contribution in [0.3, 0.4) is 0 Å². The van der Waals surface area contributed by atoms with E-state index in [9.17, 15) is 13.6 Å². The van der Waals surface area contributed by atoms with E-state index in [1.54, 1.807) is 0 Å². The lowest BCUT2D eigenvalue weighted by Gasteiger charge is -1.89. The largest absolute Gasteiger partial charge is 0.296 e. The summed E-state index contributed by atoms with van der Waals surface area (Å²) in [6, 6.07) is 1.07. The second kappa shape index (κ2) is 2.77. The monoisotopic (exact) mass is 160 g/mol. The number of rotatable bonds is 2. The predicted octanol–water partition coefficient (Wildman–Crippen LogP) is 1.17. The fourth-order valence-corrected chi connectivity index (χ4v) is 0.722. The molecule has 0 bridgehead atoms. The number of hydrogen-bond donors (Lipinski definition) is 0. The lowest BCUT2D eigenvalue weighted by Crippen LogP contribution is -1.96. The molecule has 0 radical (unpaired) electrons. The van der Waals surface area contributed by atoms with Crippen molar-refractivity contribution in [2.24, 2.45) is 7.05 Å². The Balaban J connectivity index is 3.04. The number of aromatic nitrogens is 2. The van der Waals surface area contributed by atoms with Gasteiger partial charge < -0.3 is 0 Å². The van der Waals surface area contributed by atoms with Crippen LogP contribution >= 0.6 is 0 Å². The Bertz CT molecular complexity index is 270. The molecule has 1 rings (SSSR count). The van der Waals surface area contributed by atoms with Gasteiger partial charge in [-0.25, -0.2) is 8.78 Å². The van der Waals surface area contributed by atoms with E-state index in [2.05, 4.69) is 5.10 Å². The van der Waals surface area contributed by atoms with E-state index < -0.39 is 6.43 Å². The Morgan fingerprint density at radius 1 is 1.73 bits per heavy atom. The van der Waals surface area contributed by atoms with Crippen molar-refractivity contribution in [3.63, 3.8) is 0 Å². The number of carbonyl (C=O) groups excluding carboxylic acids is 1. The molecule has 5 heteroatoms. The Labute approximate surface area is 61.6 Å². The van der Waals surface area contributed by atoms with E-state index in [-0.39, 0.29) is 11.4 Å². The first-order chi connectivity index (χ1) is 5.15. The molecule has 60 valence electrons. The van der Waals surface area contributed by atoms with Crippen molar-refractivity contribution >= 4 is 6.29 Å².